The fourth-order valence-corrected chi connectivity index (χ4v) is 6.99. The molecule has 0 amide bonds. The van der Waals surface area contributed by atoms with Crippen LogP contribution in [0.25, 0.3) is 0 Å². The molecule has 6 nitrogen and oxygen atoms in total. The quantitative estimate of drug-likeness (QED) is 0.225. The fourth-order valence-electron chi connectivity index (χ4n) is 5.91. The van der Waals surface area contributed by atoms with Gasteiger partial charge in [0.2, 0.25) is 0 Å². The summed E-state index contributed by atoms with van der Waals surface area (Å²) in [5.41, 5.74) is 3.43. The van der Waals surface area contributed by atoms with E-state index in [4.69, 9.17) is 15.0 Å². The van der Waals surface area contributed by atoms with Gasteiger partial charge in [-0.25, -0.2) is 24.8 Å². The molecular weight excluding hydrogens is 687 g/mol. The standard InChI is InChI=1S/C23H21Br3N6.BF4/c1-23-11-30-20(14-5-2-8-17(24)27-14)31(12-23)22(16-7-4-10-19(26)29-16)32(13-23)21(30)15-6-3-9-18(25)28-15;2-1(3,4)5/h2-10,20-22H,11-13H2,1H3;/q;-1/p+1/t20-,21+,22?,23?;. The van der Waals surface area contributed by atoms with E-state index in [1.54, 1.807) is 0 Å². The molecular formula is C23H22BBr3F4N6. The van der Waals surface area contributed by atoms with E-state index in [1.807, 2.05) is 18.2 Å². The molecule has 5 unspecified atom stereocenters. The van der Waals surface area contributed by atoms with Crippen LogP contribution >= 0.6 is 47.8 Å². The van der Waals surface area contributed by atoms with E-state index in [0.717, 1.165) is 50.5 Å². The highest BCUT2D eigenvalue weighted by molar-refractivity contribution is 9.11. The van der Waals surface area contributed by atoms with Crippen LogP contribution in [0.3, 0.4) is 0 Å². The van der Waals surface area contributed by atoms with Crippen LogP contribution in [0.4, 0.5) is 17.3 Å². The lowest BCUT2D eigenvalue weighted by molar-refractivity contribution is -1.02. The maximum atomic E-state index is 9.75. The van der Waals surface area contributed by atoms with Gasteiger partial charge in [0, 0.05) is 18.5 Å². The van der Waals surface area contributed by atoms with Crippen molar-refractivity contribution in [3.05, 3.63) is 85.5 Å². The van der Waals surface area contributed by atoms with Crippen molar-refractivity contribution in [2.75, 3.05) is 19.6 Å². The van der Waals surface area contributed by atoms with Crippen molar-refractivity contribution < 1.29 is 22.2 Å². The Balaban J connectivity index is 0.000000514. The summed E-state index contributed by atoms with van der Waals surface area (Å²) in [4.78, 5) is 21.4. The van der Waals surface area contributed by atoms with E-state index >= 15 is 0 Å². The highest BCUT2D eigenvalue weighted by Gasteiger charge is 2.64. The first-order valence-corrected chi connectivity index (χ1v) is 13.9. The van der Waals surface area contributed by atoms with E-state index in [9.17, 15) is 17.3 Å². The van der Waals surface area contributed by atoms with E-state index < -0.39 is 7.25 Å². The van der Waals surface area contributed by atoms with Gasteiger partial charge in [-0.2, -0.15) is 0 Å². The van der Waals surface area contributed by atoms with Crippen LogP contribution < -0.4 is 4.90 Å². The fraction of sp³-hybridized carbons (Fsp3) is 0.348. The van der Waals surface area contributed by atoms with Crippen LogP contribution in [0.15, 0.2) is 68.4 Å². The number of nitrogens with zero attached hydrogens (tertiary/aromatic N) is 5. The molecule has 196 valence electrons. The van der Waals surface area contributed by atoms with Crippen LogP contribution in [0.5, 0.6) is 0 Å². The maximum absolute atomic E-state index is 9.75. The number of rotatable bonds is 3. The second kappa shape index (κ2) is 10.3. The van der Waals surface area contributed by atoms with Gasteiger partial charge in [0.15, 0.2) is 12.3 Å². The third-order valence-electron chi connectivity index (χ3n) is 6.79. The SMILES string of the molecule is CC12CN3C(c4cccc(Br)n4)N(C1)[C@H](c1cccc(Br)n1)[NH+](C2)[C@@H]3c1cccc(Br)n1.F[B-](F)(F)F. The van der Waals surface area contributed by atoms with Crippen LogP contribution in [-0.4, -0.2) is 51.6 Å². The van der Waals surface area contributed by atoms with Gasteiger partial charge in [-0.05, 0) is 84.2 Å². The Morgan fingerprint density at radius 1 is 0.757 bits per heavy atom. The molecule has 4 bridgehead atoms. The lowest BCUT2D eigenvalue weighted by atomic mass is 9.78. The Labute approximate surface area is 237 Å². The summed E-state index contributed by atoms with van der Waals surface area (Å²) in [7, 11) is -6.00. The Hall–Kier alpha value is -1.45. The molecule has 4 saturated heterocycles. The third-order valence-corrected chi connectivity index (χ3v) is 8.11. The topological polar surface area (TPSA) is 49.6 Å². The number of hydrogen-bond donors (Lipinski definition) is 1. The average molecular weight is 709 g/mol. The summed E-state index contributed by atoms with van der Waals surface area (Å²) in [5.74, 6) is 0. The smallest absolute Gasteiger partial charge is 0.418 e. The molecule has 14 heteroatoms. The highest BCUT2D eigenvalue weighted by Crippen LogP contribution is 2.48. The maximum Gasteiger partial charge on any atom is 0.673 e. The number of quaternary nitrogens is 1. The summed E-state index contributed by atoms with van der Waals surface area (Å²) in [6.07, 6.45) is 0.295. The van der Waals surface area contributed by atoms with Gasteiger partial charge in [-0.3, -0.25) is 4.90 Å². The zero-order valence-corrected chi connectivity index (χ0v) is 24.3. The molecule has 0 aromatic carbocycles. The van der Waals surface area contributed by atoms with Crippen molar-refractivity contribution in [1.82, 2.24) is 24.8 Å². The van der Waals surface area contributed by atoms with Crippen LogP contribution in [0.2, 0.25) is 0 Å². The summed E-state index contributed by atoms with van der Waals surface area (Å²) in [6.45, 7) is 5.52. The first-order valence-electron chi connectivity index (χ1n) is 11.5. The molecule has 0 aliphatic carbocycles. The summed E-state index contributed by atoms with van der Waals surface area (Å²) < 4.78 is 41.6. The molecule has 1 N–H and O–H groups in total. The lowest BCUT2D eigenvalue weighted by Gasteiger charge is -2.66. The normalized spacial score (nSPS) is 32.1. The van der Waals surface area contributed by atoms with Crippen LogP contribution in [0.1, 0.15) is 42.5 Å². The first kappa shape index (κ1) is 27.1. The van der Waals surface area contributed by atoms with Crippen LogP contribution in [0, 0.1) is 5.41 Å². The Bertz CT molecular complexity index is 1140. The van der Waals surface area contributed by atoms with Gasteiger partial charge in [-0.1, -0.05) is 25.1 Å². The van der Waals surface area contributed by atoms with Crippen molar-refractivity contribution in [1.29, 1.82) is 0 Å². The largest absolute Gasteiger partial charge is 0.673 e. The molecule has 4 aliphatic heterocycles. The molecule has 3 aromatic heterocycles. The monoisotopic (exact) mass is 706 g/mol. The number of nitrogens with one attached hydrogen (secondary N) is 1. The van der Waals surface area contributed by atoms with Crippen molar-refractivity contribution in [2.45, 2.75) is 25.4 Å². The molecule has 0 spiro atoms. The third kappa shape index (κ3) is 5.79. The average Bonchev–Trinajstić information content (AvgIpc) is 2.77. The van der Waals surface area contributed by atoms with Gasteiger partial charge in [0.05, 0.1) is 12.2 Å². The van der Waals surface area contributed by atoms with Gasteiger partial charge in [0.25, 0.3) is 0 Å². The molecule has 3 aromatic rings. The van der Waals surface area contributed by atoms with Gasteiger partial charge in [-0.15, -0.1) is 0 Å². The molecule has 4 fully saturated rings. The molecule has 0 saturated carbocycles. The highest BCUT2D eigenvalue weighted by atomic mass is 79.9. The number of aromatic nitrogens is 3. The first-order chi connectivity index (χ1) is 17.4. The summed E-state index contributed by atoms with van der Waals surface area (Å²) >= 11 is 10.8. The van der Waals surface area contributed by atoms with Gasteiger partial charge >= 0.3 is 7.25 Å². The second-order valence-electron chi connectivity index (χ2n) is 9.74. The lowest BCUT2D eigenvalue weighted by Crippen LogP contribution is -3.22. The predicted octanol–water partition coefficient (Wildman–Crippen LogP) is 5.39. The second-order valence-corrected chi connectivity index (χ2v) is 12.2. The van der Waals surface area contributed by atoms with Crippen molar-refractivity contribution >= 4 is 55.0 Å². The minimum absolute atomic E-state index is 0.0567. The van der Waals surface area contributed by atoms with Gasteiger partial charge < -0.3 is 17.3 Å². The van der Waals surface area contributed by atoms with E-state index in [0.29, 0.717) is 0 Å². The minimum atomic E-state index is -6.00. The Morgan fingerprint density at radius 2 is 1.14 bits per heavy atom. The minimum Gasteiger partial charge on any atom is -0.418 e. The van der Waals surface area contributed by atoms with E-state index in [1.165, 1.54) is 4.90 Å². The zero-order chi connectivity index (χ0) is 26.5. The van der Waals surface area contributed by atoms with Crippen molar-refractivity contribution in [2.24, 2.45) is 5.41 Å². The van der Waals surface area contributed by atoms with Gasteiger partial charge in [0.1, 0.15) is 31.4 Å². The predicted molar refractivity (Wildman–Crippen MR) is 142 cm³/mol. The van der Waals surface area contributed by atoms with E-state index in [-0.39, 0.29) is 23.9 Å². The molecule has 7 rings (SSSR count). The number of hydrogen-bond acceptors (Lipinski definition) is 5. The van der Waals surface area contributed by atoms with Crippen molar-refractivity contribution in [3.63, 3.8) is 0 Å². The zero-order valence-electron chi connectivity index (χ0n) is 19.5. The number of halogens is 7. The summed E-state index contributed by atoms with van der Waals surface area (Å²) in [6, 6.07) is 18.7. The van der Waals surface area contributed by atoms with Crippen molar-refractivity contribution in [3.8, 4) is 0 Å². The Kier molecular flexibility index (Phi) is 7.53. The molecule has 7 heterocycles. The molecule has 0 radical (unpaired) electrons. The number of pyridine rings is 3. The molecule has 4 aliphatic rings. The van der Waals surface area contributed by atoms with E-state index in [2.05, 4.69) is 101 Å². The summed E-state index contributed by atoms with van der Waals surface area (Å²) in [5, 5.41) is 0. The van der Waals surface area contributed by atoms with Crippen LogP contribution in [-0.2, 0) is 0 Å². The molecule has 37 heavy (non-hydrogen) atoms. The molecule has 7 atom stereocenters. The Morgan fingerprint density at radius 3 is 1.54 bits per heavy atom.